The number of hydrogen-bond donors (Lipinski definition) is 3. The lowest BCUT2D eigenvalue weighted by molar-refractivity contribution is -0.122. The number of benzene rings is 1. The highest BCUT2D eigenvalue weighted by molar-refractivity contribution is 7.88. The molecule has 148 valence electrons. The minimum Gasteiger partial charge on any atom is -0.344 e. The number of carbonyl (C=O) groups is 1. The summed E-state index contributed by atoms with van der Waals surface area (Å²) in [4.78, 5) is 21.3. The van der Waals surface area contributed by atoms with E-state index in [0.29, 0.717) is 29.6 Å². The predicted octanol–water partition coefficient (Wildman–Crippen LogP) is -0.00842. The Kier molecular flexibility index (Phi) is 5.60. The van der Waals surface area contributed by atoms with Gasteiger partial charge in [0.2, 0.25) is 15.9 Å². The van der Waals surface area contributed by atoms with Crippen LogP contribution in [0.25, 0.3) is 11.0 Å². The summed E-state index contributed by atoms with van der Waals surface area (Å²) in [6, 6.07) is 5.58. The quantitative estimate of drug-likeness (QED) is 0.640. The van der Waals surface area contributed by atoms with Crippen molar-refractivity contribution in [1.29, 1.82) is 5.26 Å². The highest BCUT2D eigenvalue weighted by atomic mass is 32.2. The highest BCUT2D eigenvalue weighted by Crippen LogP contribution is 2.35. The van der Waals surface area contributed by atoms with Crippen LogP contribution in [0.4, 0.5) is 0 Å². The number of nitriles is 1. The molecule has 0 bridgehead atoms. The first-order valence-corrected chi connectivity index (χ1v) is 10.7. The molecule has 0 unspecified atom stereocenters. The second-order valence-electron chi connectivity index (χ2n) is 7.19. The maximum atomic E-state index is 12.5. The molecule has 2 aromatic rings. The maximum Gasteiger partial charge on any atom is 0.235 e. The van der Waals surface area contributed by atoms with E-state index in [9.17, 15) is 18.5 Å². The number of amides is 1. The number of nitrogens with one attached hydrogen (secondary N) is 3. The third-order valence-corrected chi connectivity index (χ3v) is 5.42. The summed E-state index contributed by atoms with van der Waals surface area (Å²) in [5.74, 6) is -0.179. The molecule has 28 heavy (non-hydrogen) atoms. The fraction of sp³-hybridized carbons (Fsp3) is 0.444. The van der Waals surface area contributed by atoms with Gasteiger partial charge in [0.15, 0.2) is 0 Å². The number of rotatable bonds is 5. The number of nitrogens with zero attached hydrogens (tertiary/aromatic N) is 3. The van der Waals surface area contributed by atoms with Crippen molar-refractivity contribution in [3.63, 3.8) is 0 Å². The lowest BCUT2D eigenvalue weighted by Gasteiger charge is -2.42. The second kappa shape index (κ2) is 7.79. The van der Waals surface area contributed by atoms with Crippen LogP contribution >= 0.6 is 0 Å². The Hall–Kier alpha value is -2.61. The van der Waals surface area contributed by atoms with Gasteiger partial charge in [0.05, 0.1) is 29.4 Å². The van der Waals surface area contributed by atoms with Gasteiger partial charge < -0.3 is 10.6 Å². The molecule has 3 rings (SSSR count). The standard InChI is InChI=1S/C18H22N6O3S/c1-12-7-18(11-20-9-12,24-15(25)10-23-28(2,26)27)14-4-3-13(8-19)16-17(14)22-6-5-21-16/h3-6,12,20,23H,7,9-11H2,1-2H3,(H,24,25)/t12-,18-/m0/s1. The van der Waals surface area contributed by atoms with Gasteiger partial charge in [0.25, 0.3) is 0 Å². The van der Waals surface area contributed by atoms with E-state index in [1.807, 2.05) is 0 Å². The molecule has 1 saturated heterocycles. The van der Waals surface area contributed by atoms with Crippen molar-refractivity contribution in [2.75, 3.05) is 25.9 Å². The van der Waals surface area contributed by atoms with Gasteiger partial charge in [-0.3, -0.25) is 14.8 Å². The summed E-state index contributed by atoms with van der Waals surface area (Å²) in [6.45, 7) is 2.98. The SMILES string of the molecule is C[C@@H]1CNC[C@](NC(=O)CNS(C)(=O)=O)(c2ccc(C#N)c3nccnc23)C1. The van der Waals surface area contributed by atoms with Gasteiger partial charge in [-0.2, -0.15) is 5.26 Å². The Morgan fingerprint density at radius 1 is 1.36 bits per heavy atom. The lowest BCUT2D eigenvalue weighted by atomic mass is 9.78. The molecule has 0 aliphatic carbocycles. The van der Waals surface area contributed by atoms with E-state index in [4.69, 9.17) is 0 Å². The third kappa shape index (κ3) is 4.27. The zero-order valence-electron chi connectivity index (χ0n) is 15.7. The van der Waals surface area contributed by atoms with Gasteiger partial charge in [-0.05, 0) is 24.9 Å². The first-order valence-electron chi connectivity index (χ1n) is 8.85. The topological polar surface area (TPSA) is 137 Å². The van der Waals surface area contributed by atoms with Crippen LogP contribution in [0.1, 0.15) is 24.5 Å². The molecule has 1 aromatic carbocycles. The van der Waals surface area contributed by atoms with Crippen LogP contribution in [0.3, 0.4) is 0 Å². The van der Waals surface area contributed by atoms with Crippen LogP contribution in [0, 0.1) is 17.2 Å². The summed E-state index contributed by atoms with van der Waals surface area (Å²) >= 11 is 0. The smallest absolute Gasteiger partial charge is 0.235 e. The number of carbonyl (C=O) groups excluding carboxylic acids is 1. The number of sulfonamides is 1. The van der Waals surface area contributed by atoms with Crippen molar-refractivity contribution in [1.82, 2.24) is 25.3 Å². The molecule has 0 spiro atoms. The summed E-state index contributed by atoms with van der Waals surface area (Å²) in [5.41, 5.74) is 1.39. The molecule has 1 fully saturated rings. The van der Waals surface area contributed by atoms with Crippen LogP contribution in [-0.2, 0) is 20.4 Å². The van der Waals surface area contributed by atoms with Gasteiger partial charge in [0, 0.05) is 24.5 Å². The van der Waals surface area contributed by atoms with Gasteiger partial charge >= 0.3 is 0 Å². The molecule has 9 nitrogen and oxygen atoms in total. The van der Waals surface area contributed by atoms with Crippen LogP contribution in [0.2, 0.25) is 0 Å². The Bertz CT molecular complexity index is 1050. The molecule has 0 radical (unpaired) electrons. The van der Waals surface area contributed by atoms with Crippen molar-refractivity contribution < 1.29 is 13.2 Å². The molecule has 1 aliphatic heterocycles. The Labute approximate surface area is 163 Å². The first kappa shape index (κ1) is 20.1. The average Bonchev–Trinajstić information content (AvgIpc) is 2.65. The molecule has 1 aromatic heterocycles. The minimum atomic E-state index is -3.48. The second-order valence-corrected chi connectivity index (χ2v) is 9.02. The molecule has 1 aliphatic rings. The first-order chi connectivity index (χ1) is 13.2. The molecule has 3 N–H and O–H groups in total. The molecule has 1 amide bonds. The number of piperidine rings is 1. The molecule has 2 heterocycles. The Balaban J connectivity index is 2.05. The summed E-state index contributed by atoms with van der Waals surface area (Å²) in [7, 11) is -3.48. The van der Waals surface area contributed by atoms with Gasteiger partial charge in [0.1, 0.15) is 11.6 Å². The Morgan fingerprint density at radius 3 is 2.71 bits per heavy atom. The maximum absolute atomic E-state index is 12.5. The number of fused-ring (bicyclic) bond motifs is 1. The Morgan fingerprint density at radius 2 is 2.07 bits per heavy atom. The van der Waals surface area contributed by atoms with E-state index in [0.717, 1.165) is 18.4 Å². The highest BCUT2D eigenvalue weighted by Gasteiger charge is 2.40. The van der Waals surface area contributed by atoms with E-state index in [1.165, 1.54) is 6.20 Å². The molecular formula is C18H22N6O3S. The van der Waals surface area contributed by atoms with E-state index in [2.05, 4.69) is 38.3 Å². The number of hydrogen-bond acceptors (Lipinski definition) is 7. The normalized spacial score (nSPS) is 22.5. The summed E-state index contributed by atoms with van der Waals surface area (Å²) in [6.07, 6.45) is 4.72. The zero-order chi connectivity index (χ0) is 20.4. The fourth-order valence-corrected chi connectivity index (χ4v) is 4.07. The largest absolute Gasteiger partial charge is 0.344 e. The van der Waals surface area contributed by atoms with Crippen LogP contribution < -0.4 is 15.4 Å². The fourth-order valence-electron chi connectivity index (χ4n) is 3.68. The van der Waals surface area contributed by atoms with Crippen LogP contribution in [0.5, 0.6) is 0 Å². The van der Waals surface area contributed by atoms with Crippen molar-refractivity contribution in [3.05, 3.63) is 35.7 Å². The van der Waals surface area contributed by atoms with E-state index in [-0.39, 0.29) is 12.5 Å². The zero-order valence-corrected chi connectivity index (χ0v) is 16.5. The number of aromatic nitrogens is 2. The average molecular weight is 402 g/mol. The van der Waals surface area contributed by atoms with E-state index >= 15 is 0 Å². The van der Waals surface area contributed by atoms with E-state index < -0.39 is 21.5 Å². The third-order valence-electron chi connectivity index (χ3n) is 4.75. The lowest BCUT2D eigenvalue weighted by Crippen LogP contribution is -2.58. The molecule has 10 heteroatoms. The predicted molar refractivity (Wildman–Crippen MR) is 104 cm³/mol. The summed E-state index contributed by atoms with van der Waals surface area (Å²) < 4.78 is 24.9. The molecule has 2 atom stereocenters. The van der Waals surface area contributed by atoms with E-state index in [1.54, 1.807) is 18.3 Å². The molecular weight excluding hydrogens is 380 g/mol. The van der Waals surface area contributed by atoms with Gasteiger partial charge in [-0.1, -0.05) is 13.0 Å². The van der Waals surface area contributed by atoms with Crippen LogP contribution in [0.15, 0.2) is 24.5 Å². The van der Waals surface area contributed by atoms with Crippen molar-refractivity contribution in [3.8, 4) is 6.07 Å². The monoisotopic (exact) mass is 402 g/mol. The van der Waals surface area contributed by atoms with Crippen LogP contribution in [-0.4, -0.2) is 50.2 Å². The van der Waals surface area contributed by atoms with Crippen molar-refractivity contribution >= 4 is 27.0 Å². The summed E-state index contributed by atoms with van der Waals surface area (Å²) in [5, 5.41) is 15.7. The van der Waals surface area contributed by atoms with Crippen molar-refractivity contribution in [2.45, 2.75) is 18.9 Å². The minimum absolute atomic E-state index is 0.263. The van der Waals surface area contributed by atoms with Gasteiger partial charge in [-0.25, -0.2) is 13.1 Å². The van der Waals surface area contributed by atoms with Gasteiger partial charge in [-0.15, -0.1) is 0 Å². The molecule has 0 saturated carbocycles. The van der Waals surface area contributed by atoms with Crippen molar-refractivity contribution in [2.24, 2.45) is 5.92 Å².